The van der Waals surface area contributed by atoms with E-state index in [4.69, 9.17) is 12.2 Å². The van der Waals surface area contributed by atoms with Crippen molar-refractivity contribution < 1.29 is 4.79 Å². The van der Waals surface area contributed by atoms with Gasteiger partial charge in [0.05, 0.1) is 11.4 Å². The molecule has 1 saturated heterocycles. The molecule has 2 aliphatic rings. The fraction of sp³-hybridized carbons (Fsp3) is 0.350. The topological polar surface area (TPSA) is 54.3 Å². The van der Waals surface area contributed by atoms with Crippen molar-refractivity contribution in [3.63, 3.8) is 0 Å². The lowest BCUT2D eigenvalue weighted by molar-refractivity contribution is -0.113. The van der Waals surface area contributed by atoms with Crippen molar-refractivity contribution in [2.45, 2.75) is 18.9 Å². The molecule has 4 rings (SSSR count). The van der Waals surface area contributed by atoms with E-state index in [1.807, 2.05) is 34.9 Å². The van der Waals surface area contributed by atoms with Gasteiger partial charge in [0.1, 0.15) is 4.32 Å². The molecule has 1 aromatic heterocycles. The molecular formula is C20H20IN3O2S2. The Hall–Kier alpha value is -1.39. The van der Waals surface area contributed by atoms with Crippen molar-refractivity contribution in [2.75, 3.05) is 24.2 Å². The van der Waals surface area contributed by atoms with Crippen molar-refractivity contribution in [1.29, 1.82) is 0 Å². The Morgan fingerprint density at radius 2 is 2.00 bits per heavy atom. The summed E-state index contributed by atoms with van der Waals surface area (Å²) in [7, 11) is 0. The van der Waals surface area contributed by atoms with Crippen molar-refractivity contribution in [1.82, 2.24) is 9.47 Å². The minimum Gasteiger partial charge on any atom is -0.356 e. The minimum absolute atomic E-state index is 0.0504. The predicted molar refractivity (Wildman–Crippen MR) is 126 cm³/mol. The zero-order valence-corrected chi connectivity index (χ0v) is 18.9. The van der Waals surface area contributed by atoms with Crippen LogP contribution in [0.3, 0.4) is 0 Å². The minimum atomic E-state index is -0.0504. The molecule has 3 heterocycles. The highest BCUT2D eigenvalue weighted by Gasteiger charge is 2.35. The number of pyridine rings is 1. The number of fused-ring (bicyclic) bond motifs is 4. The first kappa shape index (κ1) is 19.9. The second kappa shape index (κ2) is 8.54. The van der Waals surface area contributed by atoms with E-state index in [1.54, 1.807) is 6.07 Å². The van der Waals surface area contributed by atoms with Crippen LogP contribution < -0.4 is 10.9 Å². The molecule has 0 saturated carbocycles. The number of hydrogen-bond acceptors (Lipinski definition) is 4. The van der Waals surface area contributed by atoms with Gasteiger partial charge >= 0.3 is 0 Å². The number of rotatable bonds is 3. The SMILES string of the molecule is O=C(CSC(=S)N1C[C@H]2C[C@H](C1)c1cccc(=O)n1C2)Nc1ccccc1I. The summed E-state index contributed by atoms with van der Waals surface area (Å²) < 4.78 is 3.69. The van der Waals surface area contributed by atoms with Crippen molar-refractivity contribution >= 4 is 62.5 Å². The molecule has 1 fully saturated rings. The smallest absolute Gasteiger partial charge is 0.250 e. The van der Waals surface area contributed by atoms with Crippen LogP contribution in [0.5, 0.6) is 0 Å². The number of hydrogen-bond donors (Lipinski definition) is 1. The summed E-state index contributed by atoms with van der Waals surface area (Å²) in [6, 6.07) is 13.2. The summed E-state index contributed by atoms with van der Waals surface area (Å²) >= 11 is 9.25. The van der Waals surface area contributed by atoms with Crippen LogP contribution in [0.4, 0.5) is 5.69 Å². The maximum Gasteiger partial charge on any atom is 0.250 e. The highest BCUT2D eigenvalue weighted by Crippen LogP contribution is 2.36. The average Bonchev–Trinajstić information content (AvgIpc) is 2.68. The number of amides is 1. The second-order valence-electron chi connectivity index (χ2n) is 7.19. The molecule has 2 atom stereocenters. The van der Waals surface area contributed by atoms with Crippen LogP contribution in [0.2, 0.25) is 0 Å². The van der Waals surface area contributed by atoms with Gasteiger partial charge in [-0.05, 0) is 53.1 Å². The van der Waals surface area contributed by atoms with Crippen molar-refractivity contribution in [3.05, 3.63) is 62.1 Å². The third-order valence-corrected chi connectivity index (χ3v) is 7.68. The number of nitrogens with one attached hydrogen (secondary N) is 1. The summed E-state index contributed by atoms with van der Waals surface area (Å²) in [5, 5.41) is 2.94. The van der Waals surface area contributed by atoms with E-state index in [2.05, 4.69) is 38.9 Å². The van der Waals surface area contributed by atoms with E-state index >= 15 is 0 Å². The number of piperidine rings is 1. The van der Waals surface area contributed by atoms with Gasteiger partial charge < -0.3 is 14.8 Å². The number of aromatic nitrogens is 1. The number of thiocarbonyl (C=S) groups is 1. The van der Waals surface area contributed by atoms with Crippen LogP contribution in [-0.4, -0.2) is 38.5 Å². The number of carbonyl (C=O) groups excluding carboxylic acids is 1. The van der Waals surface area contributed by atoms with E-state index in [0.29, 0.717) is 17.6 Å². The van der Waals surface area contributed by atoms with Gasteiger partial charge in [0.25, 0.3) is 5.56 Å². The van der Waals surface area contributed by atoms with Crippen LogP contribution in [0.15, 0.2) is 47.3 Å². The summed E-state index contributed by atoms with van der Waals surface area (Å²) in [5.41, 5.74) is 2.02. The maximum absolute atomic E-state index is 12.3. The van der Waals surface area contributed by atoms with Gasteiger partial charge in [0.15, 0.2) is 0 Å². The standard InChI is InChI=1S/C20H20IN3O2S2/c21-15-4-1-2-5-16(15)22-18(25)12-28-20(27)23-9-13-8-14(11-23)17-6-3-7-19(26)24(17)10-13/h1-7,13-14H,8-12H2,(H,22,25)/t13-,14-/m1/s1. The van der Waals surface area contributed by atoms with E-state index in [9.17, 15) is 9.59 Å². The van der Waals surface area contributed by atoms with E-state index in [1.165, 1.54) is 11.8 Å². The van der Waals surface area contributed by atoms with E-state index < -0.39 is 0 Å². The Kier molecular flexibility index (Phi) is 6.07. The van der Waals surface area contributed by atoms with Gasteiger partial charge in [-0.25, -0.2) is 0 Å². The number of carbonyl (C=O) groups is 1. The lowest BCUT2D eigenvalue weighted by atomic mass is 9.83. The number of halogens is 1. The molecule has 0 radical (unpaired) electrons. The summed E-state index contributed by atoms with van der Waals surface area (Å²) in [4.78, 5) is 26.6. The molecule has 5 nitrogen and oxygen atoms in total. The van der Waals surface area contributed by atoms with Crippen LogP contribution in [0, 0.1) is 9.49 Å². The summed E-state index contributed by atoms with van der Waals surface area (Å²) in [6.45, 7) is 2.41. The lowest BCUT2D eigenvalue weighted by Gasteiger charge is -2.43. The van der Waals surface area contributed by atoms with Gasteiger partial charge in [-0.1, -0.05) is 42.2 Å². The molecule has 28 heavy (non-hydrogen) atoms. The molecule has 2 aliphatic heterocycles. The van der Waals surface area contributed by atoms with E-state index in [0.717, 1.165) is 45.3 Å². The summed E-state index contributed by atoms with van der Waals surface area (Å²) in [5.74, 6) is 0.987. The first-order chi connectivity index (χ1) is 13.5. The normalized spacial score (nSPS) is 20.4. The first-order valence-corrected chi connectivity index (χ1v) is 11.6. The Morgan fingerprint density at radius 3 is 2.82 bits per heavy atom. The number of likely N-dealkylation sites (tertiary alicyclic amines) is 1. The molecule has 1 amide bonds. The fourth-order valence-electron chi connectivity index (χ4n) is 4.01. The maximum atomic E-state index is 12.3. The average molecular weight is 525 g/mol. The number of para-hydroxylation sites is 1. The number of nitrogens with zero attached hydrogens (tertiary/aromatic N) is 2. The largest absolute Gasteiger partial charge is 0.356 e. The fourth-order valence-corrected chi connectivity index (χ4v) is 5.52. The zero-order chi connectivity index (χ0) is 19.7. The van der Waals surface area contributed by atoms with Gasteiger partial charge in [-0.3, -0.25) is 9.59 Å². The monoisotopic (exact) mass is 525 g/mol. The molecule has 0 aliphatic carbocycles. The van der Waals surface area contributed by atoms with Gasteiger partial charge in [0.2, 0.25) is 5.91 Å². The highest BCUT2D eigenvalue weighted by molar-refractivity contribution is 14.1. The quantitative estimate of drug-likeness (QED) is 0.491. The van der Waals surface area contributed by atoms with Crippen LogP contribution >= 0.6 is 46.6 Å². The third-order valence-electron chi connectivity index (χ3n) is 5.21. The molecule has 0 unspecified atom stereocenters. The Morgan fingerprint density at radius 1 is 1.18 bits per heavy atom. The second-order valence-corrected chi connectivity index (χ2v) is 9.96. The summed E-state index contributed by atoms with van der Waals surface area (Å²) in [6.07, 6.45) is 1.10. The lowest BCUT2D eigenvalue weighted by Crippen LogP contribution is -2.48. The molecule has 2 bridgehead atoms. The van der Waals surface area contributed by atoms with Crippen LogP contribution in [0.1, 0.15) is 18.0 Å². The molecular weight excluding hydrogens is 505 g/mol. The Labute approximate surface area is 187 Å². The molecule has 8 heteroatoms. The van der Waals surface area contributed by atoms with Crippen LogP contribution in [0.25, 0.3) is 0 Å². The van der Waals surface area contributed by atoms with Gasteiger partial charge in [-0.2, -0.15) is 0 Å². The van der Waals surface area contributed by atoms with Crippen molar-refractivity contribution in [2.24, 2.45) is 5.92 Å². The number of thioether (sulfide) groups is 1. The number of benzene rings is 1. The Balaban J connectivity index is 1.36. The van der Waals surface area contributed by atoms with Crippen molar-refractivity contribution in [3.8, 4) is 0 Å². The zero-order valence-electron chi connectivity index (χ0n) is 15.1. The van der Waals surface area contributed by atoms with E-state index in [-0.39, 0.29) is 11.5 Å². The third kappa shape index (κ3) is 4.28. The predicted octanol–water partition coefficient (Wildman–Crippen LogP) is 3.53. The highest BCUT2D eigenvalue weighted by atomic mass is 127. The molecule has 2 aromatic rings. The number of anilines is 1. The first-order valence-electron chi connectivity index (χ1n) is 9.17. The molecule has 146 valence electrons. The molecule has 1 aromatic carbocycles. The molecule has 1 N–H and O–H groups in total. The van der Waals surface area contributed by atoms with Gasteiger partial charge in [0, 0.05) is 40.9 Å². The molecule has 0 spiro atoms. The Bertz CT molecular complexity index is 978. The van der Waals surface area contributed by atoms with Gasteiger partial charge in [-0.15, -0.1) is 0 Å². The van der Waals surface area contributed by atoms with Crippen LogP contribution in [-0.2, 0) is 11.3 Å².